The largest absolute Gasteiger partial charge is 0.398 e. The highest BCUT2D eigenvalue weighted by molar-refractivity contribution is 7.13. The van der Waals surface area contributed by atoms with Crippen molar-refractivity contribution in [3.05, 3.63) is 35.3 Å². The van der Waals surface area contributed by atoms with Crippen LogP contribution in [0.2, 0.25) is 0 Å². The van der Waals surface area contributed by atoms with Crippen molar-refractivity contribution in [3.63, 3.8) is 0 Å². The van der Waals surface area contributed by atoms with Crippen LogP contribution in [0.1, 0.15) is 5.56 Å². The first-order chi connectivity index (χ1) is 6.27. The average Bonchev–Trinajstić information content (AvgIpc) is 2.62. The maximum Gasteiger partial charge on any atom is 0.123 e. The lowest BCUT2D eigenvalue weighted by Gasteiger charge is -2.01. The van der Waals surface area contributed by atoms with E-state index in [1.54, 1.807) is 17.5 Å². The van der Waals surface area contributed by atoms with Crippen molar-refractivity contribution in [1.29, 1.82) is 0 Å². The van der Waals surface area contributed by atoms with Crippen molar-refractivity contribution in [2.24, 2.45) is 0 Å². The number of rotatable bonds is 1. The molecule has 2 nitrogen and oxygen atoms in total. The summed E-state index contributed by atoms with van der Waals surface area (Å²) in [5, 5.41) is 2.98. The summed E-state index contributed by atoms with van der Waals surface area (Å²) in [7, 11) is 0. The number of nitrogens with two attached hydrogens (primary N) is 1. The Morgan fingerprint density at radius 2 is 2.23 bits per heavy atom. The van der Waals surface area contributed by atoms with E-state index in [1.807, 2.05) is 30.5 Å². The molecule has 0 aliphatic rings. The highest BCUT2D eigenvalue weighted by atomic mass is 32.1. The fraction of sp³-hybridized carbons (Fsp3) is 0.100. The van der Waals surface area contributed by atoms with Crippen LogP contribution in [0, 0.1) is 6.92 Å². The van der Waals surface area contributed by atoms with Crippen molar-refractivity contribution >= 4 is 17.0 Å². The summed E-state index contributed by atoms with van der Waals surface area (Å²) < 4.78 is 0. The third-order valence-electron chi connectivity index (χ3n) is 1.96. The van der Waals surface area contributed by atoms with Gasteiger partial charge in [0.1, 0.15) is 5.01 Å². The molecule has 2 rings (SSSR count). The van der Waals surface area contributed by atoms with Gasteiger partial charge >= 0.3 is 0 Å². The average molecular weight is 190 g/mol. The van der Waals surface area contributed by atoms with Crippen LogP contribution in [0.5, 0.6) is 0 Å². The maximum atomic E-state index is 5.80. The summed E-state index contributed by atoms with van der Waals surface area (Å²) in [5.74, 6) is 0. The van der Waals surface area contributed by atoms with Crippen LogP contribution in [0.15, 0.2) is 29.8 Å². The van der Waals surface area contributed by atoms with Gasteiger partial charge in [-0.15, -0.1) is 11.3 Å². The van der Waals surface area contributed by atoms with Gasteiger partial charge in [-0.05, 0) is 18.6 Å². The summed E-state index contributed by atoms with van der Waals surface area (Å²) in [6.07, 6.45) is 1.80. The molecule has 13 heavy (non-hydrogen) atoms. The van der Waals surface area contributed by atoms with Crippen molar-refractivity contribution in [1.82, 2.24) is 4.98 Å². The Hall–Kier alpha value is -1.35. The molecule has 66 valence electrons. The van der Waals surface area contributed by atoms with Crippen molar-refractivity contribution in [2.45, 2.75) is 6.92 Å². The third-order valence-corrected chi connectivity index (χ3v) is 2.78. The number of thiazole rings is 1. The number of hydrogen-bond acceptors (Lipinski definition) is 3. The molecule has 0 aliphatic carbocycles. The second-order valence-corrected chi connectivity index (χ2v) is 3.80. The van der Waals surface area contributed by atoms with Crippen LogP contribution in [0.3, 0.4) is 0 Å². The monoisotopic (exact) mass is 190 g/mol. The lowest BCUT2D eigenvalue weighted by molar-refractivity contribution is 1.40. The molecular weight excluding hydrogens is 180 g/mol. The molecule has 0 fully saturated rings. The lowest BCUT2D eigenvalue weighted by Crippen LogP contribution is -1.89. The van der Waals surface area contributed by atoms with E-state index in [0.717, 1.165) is 21.8 Å². The first kappa shape index (κ1) is 8.26. The van der Waals surface area contributed by atoms with Gasteiger partial charge in [0.25, 0.3) is 0 Å². The zero-order chi connectivity index (χ0) is 9.26. The Bertz CT molecular complexity index is 407. The number of aryl methyl sites for hydroxylation is 1. The molecule has 0 amide bonds. The van der Waals surface area contributed by atoms with E-state index in [0.29, 0.717) is 0 Å². The predicted molar refractivity (Wildman–Crippen MR) is 56.7 cm³/mol. The molecule has 0 atom stereocenters. The first-order valence-electron chi connectivity index (χ1n) is 4.03. The molecule has 0 spiro atoms. The van der Waals surface area contributed by atoms with Crippen LogP contribution in [-0.4, -0.2) is 4.98 Å². The molecule has 0 saturated heterocycles. The Balaban J connectivity index is 2.49. The Labute approximate surface area is 81.1 Å². The molecule has 1 heterocycles. The molecule has 1 aromatic heterocycles. The van der Waals surface area contributed by atoms with E-state index in [1.165, 1.54) is 0 Å². The number of benzene rings is 1. The highest BCUT2D eigenvalue weighted by Gasteiger charge is 2.01. The molecule has 0 saturated carbocycles. The van der Waals surface area contributed by atoms with Crippen LogP contribution in [0.4, 0.5) is 5.69 Å². The summed E-state index contributed by atoms with van der Waals surface area (Å²) in [5.41, 5.74) is 8.84. The van der Waals surface area contributed by atoms with Crippen LogP contribution in [-0.2, 0) is 0 Å². The second-order valence-electron chi connectivity index (χ2n) is 2.91. The van der Waals surface area contributed by atoms with Crippen molar-refractivity contribution in [3.8, 4) is 10.6 Å². The summed E-state index contributed by atoms with van der Waals surface area (Å²) in [6, 6.07) is 6.03. The molecule has 2 aromatic rings. The quantitative estimate of drug-likeness (QED) is 0.702. The van der Waals surface area contributed by atoms with Gasteiger partial charge in [-0.3, -0.25) is 0 Å². The summed E-state index contributed by atoms with van der Waals surface area (Å²) in [4.78, 5) is 4.22. The highest BCUT2D eigenvalue weighted by Crippen LogP contribution is 2.24. The number of hydrogen-bond donors (Lipinski definition) is 1. The second kappa shape index (κ2) is 3.18. The van der Waals surface area contributed by atoms with Crippen LogP contribution >= 0.6 is 11.3 Å². The topological polar surface area (TPSA) is 38.9 Å². The van der Waals surface area contributed by atoms with Gasteiger partial charge in [0.15, 0.2) is 0 Å². The minimum absolute atomic E-state index is 0.827. The molecule has 0 radical (unpaired) electrons. The van der Waals surface area contributed by atoms with E-state index < -0.39 is 0 Å². The van der Waals surface area contributed by atoms with Gasteiger partial charge in [0.05, 0.1) is 0 Å². The minimum atomic E-state index is 0.827. The standard InChI is InChI=1S/C10H10N2S/c1-7-2-3-8(6-9(7)11)10-12-4-5-13-10/h2-6H,11H2,1H3. The van der Waals surface area contributed by atoms with Gasteiger partial charge in [-0.1, -0.05) is 12.1 Å². The normalized spacial score (nSPS) is 10.2. The fourth-order valence-electron chi connectivity index (χ4n) is 1.14. The van der Waals surface area contributed by atoms with Gasteiger partial charge in [0, 0.05) is 22.8 Å². The summed E-state index contributed by atoms with van der Waals surface area (Å²) >= 11 is 1.62. The fourth-order valence-corrected chi connectivity index (χ4v) is 1.77. The molecule has 3 heteroatoms. The van der Waals surface area contributed by atoms with E-state index >= 15 is 0 Å². The Kier molecular flexibility index (Phi) is 2.02. The SMILES string of the molecule is Cc1ccc(-c2nccs2)cc1N. The van der Waals surface area contributed by atoms with Gasteiger partial charge in [-0.2, -0.15) is 0 Å². The molecule has 0 bridgehead atoms. The number of aromatic nitrogens is 1. The van der Waals surface area contributed by atoms with E-state index in [4.69, 9.17) is 5.73 Å². The number of nitrogen functional groups attached to an aromatic ring is 1. The zero-order valence-electron chi connectivity index (χ0n) is 7.32. The molecular formula is C10H10N2S. The number of anilines is 1. The maximum absolute atomic E-state index is 5.80. The molecule has 2 N–H and O–H groups in total. The van der Waals surface area contributed by atoms with Gasteiger partial charge < -0.3 is 5.73 Å². The molecule has 1 aromatic carbocycles. The van der Waals surface area contributed by atoms with E-state index in [2.05, 4.69) is 4.98 Å². The van der Waals surface area contributed by atoms with Gasteiger partial charge in [-0.25, -0.2) is 4.98 Å². The smallest absolute Gasteiger partial charge is 0.123 e. The third kappa shape index (κ3) is 1.55. The first-order valence-corrected chi connectivity index (χ1v) is 4.91. The van der Waals surface area contributed by atoms with Crippen molar-refractivity contribution < 1.29 is 0 Å². The Morgan fingerprint density at radius 1 is 1.38 bits per heavy atom. The van der Waals surface area contributed by atoms with E-state index in [-0.39, 0.29) is 0 Å². The van der Waals surface area contributed by atoms with E-state index in [9.17, 15) is 0 Å². The van der Waals surface area contributed by atoms with Crippen LogP contribution in [0.25, 0.3) is 10.6 Å². The predicted octanol–water partition coefficient (Wildman–Crippen LogP) is 2.70. The van der Waals surface area contributed by atoms with Crippen molar-refractivity contribution in [2.75, 3.05) is 5.73 Å². The van der Waals surface area contributed by atoms with Crippen LogP contribution < -0.4 is 5.73 Å². The Morgan fingerprint density at radius 3 is 2.85 bits per heavy atom. The number of nitrogens with zero attached hydrogens (tertiary/aromatic N) is 1. The minimum Gasteiger partial charge on any atom is -0.398 e. The van der Waals surface area contributed by atoms with Gasteiger partial charge in [0.2, 0.25) is 0 Å². The lowest BCUT2D eigenvalue weighted by atomic mass is 10.1. The zero-order valence-corrected chi connectivity index (χ0v) is 8.14. The molecule has 0 aliphatic heterocycles. The molecule has 0 unspecified atom stereocenters. The summed E-state index contributed by atoms with van der Waals surface area (Å²) in [6.45, 7) is 2.00.